The van der Waals surface area contributed by atoms with Crippen LogP contribution in [0.3, 0.4) is 0 Å². The molecule has 0 saturated heterocycles. The molecule has 0 amide bonds. The van der Waals surface area contributed by atoms with Crippen LogP contribution in [0.2, 0.25) is 0 Å². The van der Waals surface area contributed by atoms with Gasteiger partial charge >= 0.3 is 0 Å². The molecule has 0 aliphatic carbocycles. The van der Waals surface area contributed by atoms with Crippen molar-refractivity contribution in [1.82, 2.24) is 0 Å². The summed E-state index contributed by atoms with van der Waals surface area (Å²) in [5.74, 6) is 0.837. The zero-order valence-corrected chi connectivity index (χ0v) is 24.9. The fourth-order valence-electron chi connectivity index (χ4n) is 5.73. The lowest BCUT2D eigenvalue weighted by molar-refractivity contribution is 0.456. The Morgan fingerprint density at radius 1 is 0.711 bits per heavy atom. The SMILES string of the molecule is CCCCCCCCCCCCC(C)c1cc(Cc2ccc(C(C)(C)c3ccccc3)cc2C)ccc1O. The van der Waals surface area contributed by atoms with E-state index in [1.165, 1.54) is 92.0 Å². The first-order chi connectivity index (χ1) is 18.3. The smallest absolute Gasteiger partial charge is 0.119 e. The van der Waals surface area contributed by atoms with E-state index in [0.29, 0.717) is 11.7 Å². The Bertz CT molecular complexity index is 1090. The lowest BCUT2D eigenvalue weighted by atomic mass is 9.77. The molecule has 3 aromatic rings. The molecule has 0 aliphatic rings. The summed E-state index contributed by atoms with van der Waals surface area (Å²) >= 11 is 0. The van der Waals surface area contributed by atoms with Crippen LogP contribution in [0.15, 0.2) is 66.7 Å². The molecule has 206 valence electrons. The summed E-state index contributed by atoms with van der Waals surface area (Å²) in [4.78, 5) is 0. The largest absolute Gasteiger partial charge is 0.508 e. The highest BCUT2D eigenvalue weighted by atomic mass is 16.3. The molecule has 0 aliphatic heterocycles. The molecule has 0 aromatic heterocycles. The van der Waals surface area contributed by atoms with Crippen molar-refractivity contribution in [1.29, 1.82) is 0 Å². The minimum atomic E-state index is -0.0275. The highest BCUT2D eigenvalue weighted by Gasteiger charge is 2.23. The molecule has 3 aromatic carbocycles. The average molecular weight is 513 g/mol. The highest BCUT2D eigenvalue weighted by Crippen LogP contribution is 2.34. The van der Waals surface area contributed by atoms with Crippen LogP contribution in [0, 0.1) is 6.92 Å². The second-order valence-corrected chi connectivity index (χ2v) is 12.1. The van der Waals surface area contributed by atoms with Gasteiger partial charge in [-0.25, -0.2) is 0 Å². The van der Waals surface area contributed by atoms with Gasteiger partial charge in [-0.15, -0.1) is 0 Å². The molecule has 1 atom stereocenters. The Hall–Kier alpha value is -2.54. The van der Waals surface area contributed by atoms with Gasteiger partial charge in [0, 0.05) is 5.41 Å². The van der Waals surface area contributed by atoms with Crippen LogP contribution >= 0.6 is 0 Å². The third-order valence-corrected chi connectivity index (χ3v) is 8.57. The minimum Gasteiger partial charge on any atom is -0.508 e. The molecule has 1 nitrogen and oxygen atoms in total. The Morgan fingerprint density at radius 3 is 1.97 bits per heavy atom. The second-order valence-electron chi connectivity index (χ2n) is 12.1. The number of rotatable bonds is 16. The number of phenolic OH excluding ortho intramolecular Hbond substituents is 1. The Balaban J connectivity index is 1.53. The Morgan fingerprint density at radius 2 is 1.34 bits per heavy atom. The predicted octanol–water partition coefficient (Wildman–Crippen LogP) is 11.0. The summed E-state index contributed by atoms with van der Waals surface area (Å²) in [5, 5.41) is 10.6. The van der Waals surface area contributed by atoms with Gasteiger partial charge in [0.15, 0.2) is 0 Å². The number of unbranched alkanes of at least 4 members (excludes halogenated alkanes) is 9. The standard InChI is InChI=1S/C37H52O/c1-6-7-8-9-10-11-12-13-14-16-19-29(2)35-28-31(22-25-36(35)38)27-32-23-24-34(26-30(32)3)37(4,5)33-20-17-15-18-21-33/h15,17-18,20-26,28-29,38H,6-14,16,19,27H2,1-5H3. The number of benzene rings is 3. The Labute approximate surface area is 233 Å². The van der Waals surface area contributed by atoms with Crippen LogP contribution in [0.1, 0.15) is 138 Å². The van der Waals surface area contributed by atoms with E-state index >= 15 is 0 Å². The maximum absolute atomic E-state index is 10.6. The molecular weight excluding hydrogens is 460 g/mol. The molecular formula is C37H52O. The number of aromatic hydroxyl groups is 1. The van der Waals surface area contributed by atoms with E-state index in [1.54, 1.807) is 0 Å². The number of phenols is 1. The van der Waals surface area contributed by atoms with Gasteiger partial charge in [0.1, 0.15) is 5.75 Å². The maximum atomic E-state index is 10.6. The molecule has 0 bridgehead atoms. The van der Waals surface area contributed by atoms with Crippen molar-refractivity contribution in [3.05, 3.63) is 100 Å². The molecule has 0 radical (unpaired) electrons. The molecule has 0 fully saturated rings. The molecule has 1 heteroatoms. The monoisotopic (exact) mass is 512 g/mol. The van der Waals surface area contributed by atoms with Gasteiger partial charge in [-0.05, 0) is 65.1 Å². The average Bonchev–Trinajstić information content (AvgIpc) is 2.92. The number of hydrogen-bond acceptors (Lipinski definition) is 1. The summed E-state index contributed by atoms with van der Waals surface area (Å²) in [6.07, 6.45) is 15.7. The van der Waals surface area contributed by atoms with Crippen LogP contribution in [0.5, 0.6) is 5.75 Å². The van der Waals surface area contributed by atoms with Gasteiger partial charge in [0.2, 0.25) is 0 Å². The van der Waals surface area contributed by atoms with E-state index in [4.69, 9.17) is 0 Å². The quantitative estimate of drug-likeness (QED) is 0.189. The first-order valence-electron chi connectivity index (χ1n) is 15.3. The summed E-state index contributed by atoms with van der Waals surface area (Å²) in [6.45, 7) is 11.4. The van der Waals surface area contributed by atoms with Gasteiger partial charge < -0.3 is 5.11 Å². The van der Waals surface area contributed by atoms with Crippen LogP contribution in [-0.2, 0) is 11.8 Å². The fraction of sp³-hybridized carbons (Fsp3) is 0.514. The maximum Gasteiger partial charge on any atom is 0.119 e. The molecule has 1 N–H and O–H groups in total. The predicted molar refractivity (Wildman–Crippen MR) is 166 cm³/mol. The number of aryl methyl sites for hydroxylation is 1. The van der Waals surface area contributed by atoms with Crippen molar-refractivity contribution in [2.45, 2.75) is 123 Å². The molecule has 0 saturated carbocycles. The molecule has 38 heavy (non-hydrogen) atoms. The van der Waals surface area contributed by atoms with Crippen LogP contribution < -0.4 is 0 Å². The summed E-state index contributed by atoms with van der Waals surface area (Å²) in [7, 11) is 0. The van der Waals surface area contributed by atoms with Crippen LogP contribution in [0.4, 0.5) is 0 Å². The summed E-state index contributed by atoms with van der Waals surface area (Å²) in [6, 6.07) is 24.0. The third-order valence-electron chi connectivity index (χ3n) is 8.57. The zero-order valence-electron chi connectivity index (χ0n) is 24.9. The molecule has 1 unspecified atom stereocenters. The van der Waals surface area contributed by atoms with Gasteiger partial charge in [-0.2, -0.15) is 0 Å². The van der Waals surface area contributed by atoms with Crippen molar-refractivity contribution in [3.8, 4) is 5.75 Å². The van der Waals surface area contributed by atoms with Gasteiger partial charge in [-0.1, -0.05) is 153 Å². The molecule has 0 heterocycles. The van der Waals surface area contributed by atoms with E-state index < -0.39 is 0 Å². The Kier molecular flexibility index (Phi) is 12.0. The van der Waals surface area contributed by atoms with E-state index in [9.17, 15) is 5.11 Å². The summed E-state index contributed by atoms with van der Waals surface area (Å²) < 4.78 is 0. The van der Waals surface area contributed by atoms with Crippen molar-refractivity contribution in [2.75, 3.05) is 0 Å². The van der Waals surface area contributed by atoms with Crippen LogP contribution in [-0.4, -0.2) is 5.11 Å². The van der Waals surface area contributed by atoms with E-state index in [0.717, 1.165) is 18.4 Å². The van der Waals surface area contributed by atoms with Crippen molar-refractivity contribution < 1.29 is 5.11 Å². The topological polar surface area (TPSA) is 20.2 Å². The van der Waals surface area contributed by atoms with Gasteiger partial charge in [0.25, 0.3) is 0 Å². The van der Waals surface area contributed by atoms with E-state index in [1.807, 2.05) is 6.07 Å². The highest BCUT2D eigenvalue weighted by molar-refractivity contribution is 5.45. The molecule has 3 rings (SSSR count). The van der Waals surface area contributed by atoms with Crippen LogP contribution in [0.25, 0.3) is 0 Å². The third kappa shape index (κ3) is 8.75. The second kappa shape index (κ2) is 15.2. The van der Waals surface area contributed by atoms with Crippen molar-refractivity contribution in [3.63, 3.8) is 0 Å². The molecule has 0 spiro atoms. The number of hydrogen-bond donors (Lipinski definition) is 1. The lowest BCUT2D eigenvalue weighted by Crippen LogP contribution is -2.19. The van der Waals surface area contributed by atoms with Crippen molar-refractivity contribution >= 4 is 0 Å². The minimum absolute atomic E-state index is 0.0275. The zero-order chi connectivity index (χ0) is 27.4. The van der Waals surface area contributed by atoms with Gasteiger partial charge in [0.05, 0.1) is 0 Å². The normalized spacial score (nSPS) is 12.6. The first-order valence-corrected chi connectivity index (χ1v) is 15.3. The first kappa shape index (κ1) is 30.0. The van der Waals surface area contributed by atoms with Crippen molar-refractivity contribution in [2.24, 2.45) is 0 Å². The van der Waals surface area contributed by atoms with E-state index in [2.05, 4.69) is 95.3 Å². The fourth-order valence-corrected chi connectivity index (χ4v) is 5.73. The lowest BCUT2D eigenvalue weighted by Gasteiger charge is -2.27. The van der Waals surface area contributed by atoms with E-state index in [-0.39, 0.29) is 5.41 Å². The summed E-state index contributed by atoms with van der Waals surface area (Å²) in [5.41, 5.74) is 7.74. The van der Waals surface area contributed by atoms with Gasteiger partial charge in [-0.3, -0.25) is 0 Å².